The summed E-state index contributed by atoms with van der Waals surface area (Å²) >= 11 is 1.58. The smallest absolute Gasteiger partial charge is 0.207 e. The van der Waals surface area contributed by atoms with E-state index < -0.39 is 10.0 Å². The van der Waals surface area contributed by atoms with Gasteiger partial charge in [-0.1, -0.05) is 32.9 Å². The van der Waals surface area contributed by atoms with Crippen LogP contribution in [0.2, 0.25) is 0 Å². The Morgan fingerprint density at radius 1 is 1.20 bits per heavy atom. The third kappa shape index (κ3) is 2.20. The van der Waals surface area contributed by atoms with Crippen molar-refractivity contribution in [3.63, 3.8) is 0 Å². The van der Waals surface area contributed by atoms with Crippen molar-refractivity contribution in [3.05, 3.63) is 51.7 Å². The quantitative estimate of drug-likeness (QED) is 0.877. The third-order valence-corrected chi connectivity index (χ3v) is 5.82. The van der Waals surface area contributed by atoms with Crippen molar-refractivity contribution in [3.8, 4) is 0 Å². The van der Waals surface area contributed by atoms with Crippen LogP contribution < -0.4 is 4.72 Å². The maximum Gasteiger partial charge on any atom is 0.241 e. The maximum atomic E-state index is 12.2. The van der Waals surface area contributed by atoms with Crippen LogP contribution in [0.1, 0.15) is 43.5 Å². The summed E-state index contributed by atoms with van der Waals surface area (Å²) in [7, 11) is -3.39. The summed E-state index contributed by atoms with van der Waals surface area (Å²) in [6.07, 6.45) is 0. The minimum absolute atomic E-state index is 0.000574. The number of rotatable bonds is 1. The van der Waals surface area contributed by atoms with E-state index in [0.717, 1.165) is 16.7 Å². The minimum Gasteiger partial charge on any atom is -0.207 e. The molecule has 20 heavy (non-hydrogen) atoms. The molecular formula is C15H17NO2S2. The molecule has 0 saturated heterocycles. The van der Waals surface area contributed by atoms with E-state index in [4.69, 9.17) is 0 Å². The first-order chi connectivity index (χ1) is 9.29. The zero-order valence-corrected chi connectivity index (χ0v) is 13.3. The van der Waals surface area contributed by atoms with E-state index in [2.05, 4.69) is 25.5 Å². The zero-order chi connectivity index (χ0) is 14.5. The molecule has 0 aliphatic carbocycles. The molecule has 5 heteroatoms. The Labute approximate surface area is 123 Å². The van der Waals surface area contributed by atoms with Gasteiger partial charge in [-0.05, 0) is 45.0 Å². The molecule has 0 spiro atoms. The van der Waals surface area contributed by atoms with Gasteiger partial charge < -0.3 is 0 Å². The molecule has 0 unspecified atom stereocenters. The van der Waals surface area contributed by atoms with Crippen molar-refractivity contribution in [2.24, 2.45) is 0 Å². The number of fused-ring (bicyclic) bond motifs is 1. The highest BCUT2D eigenvalue weighted by Crippen LogP contribution is 2.38. The largest absolute Gasteiger partial charge is 0.241 e. The Morgan fingerprint density at radius 2 is 1.95 bits per heavy atom. The van der Waals surface area contributed by atoms with Gasteiger partial charge in [0.15, 0.2) is 0 Å². The third-order valence-electron chi connectivity index (χ3n) is 3.63. The number of sulfonamides is 1. The average Bonchev–Trinajstić information content (AvgIpc) is 2.95. The lowest BCUT2D eigenvalue weighted by Gasteiger charge is -2.20. The van der Waals surface area contributed by atoms with E-state index in [1.54, 1.807) is 17.4 Å². The molecule has 0 fully saturated rings. The van der Waals surface area contributed by atoms with E-state index in [0.29, 0.717) is 4.90 Å². The zero-order valence-electron chi connectivity index (χ0n) is 11.7. The van der Waals surface area contributed by atoms with Gasteiger partial charge in [-0.2, -0.15) is 16.1 Å². The second-order valence-corrected chi connectivity index (χ2v) is 8.58. The summed E-state index contributed by atoms with van der Waals surface area (Å²) < 4.78 is 27.2. The molecule has 3 nitrogen and oxygen atoms in total. The topological polar surface area (TPSA) is 46.2 Å². The number of thiophene rings is 1. The van der Waals surface area contributed by atoms with Crippen molar-refractivity contribution >= 4 is 21.4 Å². The van der Waals surface area contributed by atoms with Gasteiger partial charge in [-0.3, -0.25) is 0 Å². The fourth-order valence-electron chi connectivity index (χ4n) is 2.45. The van der Waals surface area contributed by atoms with Crippen LogP contribution in [-0.4, -0.2) is 8.42 Å². The molecule has 0 radical (unpaired) electrons. The van der Waals surface area contributed by atoms with Crippen LogP contribution in [0.15, 0.2) is 39.9 Å². The van der Waals surface area contributed by atoms with Crippen LogP contribution >= 0.6 is 11.3 Å². The van der Waals surface area contributed by atoms with Crippen LogP contribution in [0.5, 0.6) is 0 Å². The van der Waals surface area contributed by atoms with Gasteiger partial charge in [0, 0.05) is 0 Å². The molecule has 1 aliphatic rings. The molecule has 0 amide bonds. The van der Waals surface area contributed by atoms with E-state index >= 15 is 0 Å². The first-order valence-corrected chi connectivity index (χ1v) is 8.90. The lowest BCUT2D eigenvalue weighted by Crippen LogP contribution is -2.20. The number of benzene rings is 1. The molecule has 1 aromatic carbocycles. The van der Waals surface area contributed by atoms with E-state index in [1.807, 2.05) is 29.0 Å². The lowest BCUT2D eigenvalue weighted by atomic mass is 9.85. The van der Waals surface area contributed by atoms with E-state index in [-0.39, 0.29) is 11.5 Å². The van der Waals surface area contributed by atoms with Gasteiger partial charge in [-0.25, -0.2) is 8.42 Å². The SMILES string of the molecule is CC(C)(C)c1ccc2c(c1)[C@@H](c1ccsc1)NS2(=O)=O. The van der Waals surface area contributed by atoms with Crippen molar-refractivity contribution in [2.75, 3.05) is 0 Å². The van der Waals surface area contributed by atoms with Crippen LogP contribution in [0.25, 0.3) is 0 Å². The Hall–Kier alpha value is -1.17. The number of hydrogen-bond acceptors (Lipinski definition) is 3. The molecule has 106 valence electrons. The Bertz CT molecular complexity index is 741. The lowest BCUT2D eigenvalue weighted by molar-refractivity contribution is 0.585. The van der Waals surface area contributed by atoms with Gasteiger partial charge in [0.05, 0.1) is 10.9 Å². The molecule has 0 bridgehead atoms. The molecule has 3 rings (SSSR count). The monoisotopic (exact) mass is 307 g/mol. The van der Waals surface area contributed by atoms with E-state index in [9.17, 15) is 8.42 Å². The van der Waals surface area contributed by atoms with Crippen LogP contribution in [-0.2, 0) is 15.4 Å². The summed E-state index contributed by atoms with van der Waals surface area (Å²) in [5.74, 6) is 0. The number of hydrogen-bond donors (Lipinski definition) is 1. The highest BCUT2D eigenvalue weighted by molar-refractivity contribution is 7.89. The molecule has 2 aromatic rings. The number of nitrogens with one attached hydrogen (secondary N) is 1. The van der Waals surface area contributed by atoms with Crippen molar-refractivity contribution in [1.82, 2.24) is 4.72 Å². The van der Waals surface area contributed by atoms with Crippen LogP contribution in [0.3, 0.4) is 0 Å². The molecule has 1 N–H and O–H groups in total. The van der Waals surface area contributed by atoms with Crippen LogP contribution in [0, 0.1) is 0 Å². The predicted molar refractivity (Wildman–Crippen MR) is 81.6 cm³/mol. The summed E-state index contributed by atoms with van der Waals surface area (Å²) in [6.45, 7) is 6.39. The first-order valence-electron chi connectivity index (χ1n) is 6.48. The Kier molecular flexibility index (Phi) is 3.04. The van der Waals surface area contributed by atoms with Crippen molar-refractivity contribution in [2.45, 2.75) is 37.1 Å². The van der Waals surface area contributed by atoms with Crippen molar-refractivity contribution < 1.29 is 8.42 Å². The molecule has 1 aromatic heterocycles. The highest BCUT2D eigenvalue weighted by Gasteiger charge is 2.35. The fraction of sp³-hybridized carbons (Fsp3) is 0.333. The van der Waals surface area contributed by atoms with Gasteiger partial charge in [0.2, 0.25) is 10.0 Å². The van der Waals surface area contributed by atoms with Crippen LogP contribution in [0.4, 0.5) is 0 Å². The van der Waals surface area contributed by atoms with Gasteiger partial charge in [-0.15, -0.1) is 0 Å². The average molecular weight is 307 g/mol. The van der Waals surface area contributed by atoms with Crippen molar-refractivity contribution in [1.29, 1.82) is 0 Å². The predicted octanol–water partition coefficient (Wildman–Crippen LogP) is 3.43. The standard InChI is InChI=1S/C15H17NO2S2/c1-15(2,3)11-4-5-13-12(8-11)14(16-20(13,17)18)10-6-7-19-9-10/h4-9,14,16H,1-3H3/t14-/m1/s1. The first kappa shape index (κ1) is 13.8. The summed E-state index contributed by atoms with van der Waals surface area (Å²) in [4.78, 5) is 0.404. The maximum absolute atomic E-state index is 12.2. The minimum atomic E-state index is -3.39. The van der Waals surface area contributed by atoms with Gasteiger partial charge in [0.1, 0.15) is 0 Å². The molecule has 1 aliphatic heterocycles. The molecular weight excluding hydrogens is 290 g/mol. The van der Waals surface area contributed by atoms with Gasteiger partial charge in [0.25, 0.3) is 0 Å². The van der Waals surface area contributed by atoms with Gasteiger partial charge >= 0.3 is 0 Å². The second kappa shape index (κ2) is 4.41. The summed E-state index contributed by atoms with van der Waals surface area (Å²) in [5, 5.41) is 3.96. The summed E-state index contributed by atoms with van der Waals surface area (Å²) in [5.41, 5.74) is 3.01. The second-order valence-electron chi connectivity index (χ2n) is 6.11. The molecule has 2 heterocycles. The summed E-state index contributed by atoms with van der Waals surface area (Å²) in [6, 6.07) is 7.37. The Balaban J connectivity index is 2.19. The van der Waals surface area contributed by atoms with E-state index in [1.165, 1.54) is 0 Å². The molecule has 1 atom stereocenters. The highest BCUT2D eigenvalue weighted by atomic mass is 32.2. The Morgan fingerprint density at radius 3 is 2.55 bits per heavy atom. The molecule has 0 saturated carbocycles. The normalized spacial score (nSPS) is 20.9. The fourth-order valence-corrected chi connectivity index (χ4v) is 4.57.